The molecule has 1 N–H and O–H groups in total. The monoisotopic (exact) mass is 252 g/mol. The van der Waals surface area contributed by atoms with Crippen LogP contribution in [0.25, 0.3) is 0 Å². The summed E-state index contributed by atoms with van der Waals surface area (Å²) >= 11 is 0. The molecule has 2 rings (SSSR count). The SMILES string of the molecule is COC1CNC(=O)N(c2cccc(F)c2)C(=O)C1. The Labute approximate surface area is 104 Å². The van der Waals surface area contributed by atoms with E-state index in [2.05, 4.69) is 5.32 Å². The number of carbonyl (C=O) groups excluding carboxylic acids is 2. The number of carbonyl (C=O) groups is 2. The summed E-state index contributed by atoms with van der Waals surface area (Å²) in [7, 11) is 1.47. The van der Waals surface area contributed by atoms with Crippen LogP contribution in [0.4, 0.5) is 14.9 Å². The Bertz CT molecular complexity index is 478. The summed E-state index contributed by atoms with van der Waals surface area (Å²) in [5, 5.41) is 2.56. The molecule has 0 aromatic heterocycles. The number of hydrogen-bond donors (Lipinski definition) is 1. The van der Waals surface area contributed by atoms with Gasteiger partial charge in [-0.05, 0) is 18.2 Å². The van der Waals surface area contributed by atoms with E-state index >= 15 is 0 Å². The lowest BCUT2D eigenvalue weighted by molar-refractivity contribution is -0.119. The lowest BCUT2D eigenvalue weighted by atomic mass is 10.2. The number of urea groups is 1. The number of amides is 3. The minimum atomic E-state index is -0.565. The molecule has 0 bridgehead atoms. The molecule has 6 heteroatoms. The number of anilines is 1. The van der Waals surface area contributed by atoms with Crippen LogP contribution >= 0.6 is 0 Å². The van der Waals surface area contributed by atoms with Crippen LogP contribution in [0.3, 0.4) is 0 Å². The van der Waals surface area contributed by atoms with Crippen LogP contribution in [0, 0.1) is 5.82 Å². The van der Waals surface area contributed by atoms with E-state index in [1.807, 2.05) is 0 Å². The summed E-state index contributed by atoms with van der Waals surface area (Å²) in [5.41, 5.74) is 0.217. The maximum Gasteiger partial charge on any atom is 0.328 e. The highest BCUT2D eigenvalue weighted by molar-refractivity contribution is 6.14. The van der Waals surface area contributed by atoms with Crippen LogP contribution in [0.15, 0.2) is 24.3 Å². The molecule has 1 aliphatic rings. The van der Waals surface area contributed by atoms with Crippen molar-refractivity contribution >= 4 is 17.6 Å². The van der Waals surface area contributed by atoms with Gasteiger partial charge in [0.2, 0.25) is 5.91 Å². The maximum absolute atomic E-state index is 13.1. The first-order valence-corrected chi connectivity index (χ1v) is 5.51. The third-order valence-electron chi connectivity index (χ3n) is 2.74. The van der Waals surface area contributed by atoms with Gasteiger partial charge in [-0.15, -0.1) is 0 Å². The maximum atomic E-state index is 13.1. The summed E-state index contributed by atoms with van der Waals surface area (Å²) in [6.45, 7) is 0.257. The largest absolute Gasteiger partial charge is 0.379 e. The fourth-order valence-electron chi connectivity index (χ4n) is 1.79. The second kappa shape index (κ2) is 5.14. The van der Waals surface area contributed by atoms with Crippen molar-refractivity contribution in [2.75, 3.05) is 18.6 Å². The fourth-order valence-corrected chi connectivity index (χ4v) is 1.79. The summed E-state index contributed by atoms with van der Waals surface area (Å²) in [6.07, 6.45) is -0.286. The third-order valence-corrected chi connectivity index (χ3v) is 2.74. The summed E-state index contributed by atoms with van der Waals surface area (Å²) in [4.78, 5) is 24.7. The molecule has 5 nitrogen and oxygen atoms in total. The van der Waals surface area contributed by atoms with Crippen molar-refractivity contribution in [2.24, 2.45) is 0 Å². The molecule has 3 amide bonds. The van der Waals surface area contributed by atoms with Gasteiger partial charge in [0, 0.05) is 13.7 Å². The third kappa shape index (κ3) is 2.48. The molecule has 96 valence electrons. The Kier molecular flexibility index (Phi) is 3.57. The average Bonchev–Trinajstić information content (AvgIpc) is 2.48. The molecule has 0 radical (unpaired) electrons. The van der Waals surface area contributed by atoms with Gasteiger partial charge in [-0.3, -0.25) is 4.79 Å². The van der Waals surface area contributed by atoms with Crippen LogP contribution in [-0.2, 0) is 9.53 Å². The highest BCUT2D eigenvalue weighted by Gasteiger charge is 2.30. The number of hydrogen-bond acceptors (Lipinski definition) is 3. The predicted molar refractivity (Wildman–Crippen MR) is 62.7 cm³/mol. The molecule has 1 aliphatic heterocycles. The van der Waals surface area contributed by atoms with Crippen molar-refractivity contribution in [3.05, 3.63) is 30.1 Å². The summed E-state index contributed by atoms with van der Waals surface area (Å²) < 4.78 is 18.2. The van der Waals surface area contributed by atoms with E-state index in [1.165, 1.54) is 25.3 Å². The van der Waals surface area contributed by atoms with Crippen molar-refractivity contribution in [1.82, 2.24) is 5.32 Å². The fraction of sp³-hybridized carbons (Fsp3) is 0.333. The van der Waals surface area contributed by atoms with Crippen molar-refractivity contribution in [3.8, 4) is 0 Å². The normalized spacial score (nSPS) is 20.6. The lowest BCUT2D eigenvalue weighted by Gasteiger charge is -2.18. The Morgan fingerprint density at radius 1 is 1.44 bits per heavy atom. The van der Waals surface area contributed by atoms with Crippen LogP contribution < -0.4 is 10.2 Å². The molecule has 1 aromatic carbocycles. The van der Waals surface area contributed by atoms with E-state index in [0.717, 1.165) is 11.0 Å². The van der Waals surface area contributed by atoms with Crippen LogP contribution in [0.5, 0.6) is 0 Å². The Morgan fingerprint density at radius 2 is 2.22 bits per heavy atom. The molecule has 0 saturated carbocycles. The molecule has 1 atom stereocenters. The quantitative estimate of drug-likeness (QED) is 0.862. The van der Waals surface area contributed by atoms with Gasteiger partial charge >= 0.3 is 6.03 Å². The molecule has 18 heavy (non-hydrogen) atoms. The number of imide groups is 1. The Hall–Kier alpha value is -1.95. The summed E-state index contributed by atoms with van der Waals surface area (Å²) in [6, 6.07) is 4.79. The zero-order valence-electron chi connectivity index (χ0n) is 9.85. The number of nitrogens with zero attached hydrogens (tertiary/aromatic N) is 1. The Morgan fingerprint density at radius 3 is 2.89 bits per heavy atom. The predicted octanol–water partition coefficient (Wildman–Crippen LogP) is 1.29. The van der Waals surface area contributed by atoms with Gasteiger partial charge in [0.05, 0.1) is 18.2 Å². The first-order chi connectivity index (χ1) is 8.61. The van der Waals surface area contributed by atoms with Gasteiger partial charge in [-0.2, -0.15) is 0 Å². The molecule has 1 unspecified atom stereocenters. The van der Waals surface area contributed by atoms with Gasteiger partial charge in [-0.25, -0.2) is 14.1 Å². The van der Waals surface area contributed by atoms with Crippen molar-refractivity contribution in [1.29, 1.82) is 0 Å². The van der Waals surface area contributed by atoms with Crippen molar-refractivity contribution < 1.29 is 18.7 Å². The van der Waals surface area contributed by atoms with Gasteiger partial charge in [0.25, 0.3) is 0 Å². The van der Waals surface area contributed by atoms with E-state index in [9.17, 15) is 14.0 Å². The van der Waals surface area contributed by atoms with Crippen molar-refractivity contribution in [2.45, 2.75) is 12.5 Å². The molecule has 1 saturated heterocycles. The summed E-state index contributed by atoms with van der Waals surface area (Å²) in [5.74, 6) is -0.914. The van der Waals surface area contributed by atoms with E-state index in [-0.39, 0.29) is 24.8 Å². The number of rotatable bonds is 2. The standard InChI is InChI=1S/C12H13FN2O3/c1-18-10-6-11(16)15(12(17)14-7-10)9-4-2-3-8(13)5-9/h2-5,10H,6-7H2,1H3,(H,14,17). The van der Waals surface area contributed by atoms with Crippen LogP contribution in [0.1, 0.15) is 6.42 Å². The second-order valence-electron chi connectivity index (χ2n) is 3.96. The number of methoxy groups -OCH3 is 1. The van der Waals surface area contributed by atoms with E-state index in [4.69, 9.17) is 4.74 Å². The minimum Gasteiger partial charge on any atom is -0.379 e. The second-order valence-corrected chi connectivity index (χ2v) is 3.96. The number of nitrogens with one attached hydrogen (secondary N) is 1. The van der Waals surface area contributed by atoms with E-state index < -0.39 is 17.8 Å². The van der Waals surface area contributed by atoms with E-state index in [1.54, 1.807) is 0 Å². The molecular formula is C12H13FN2O3. The zero-order chi connectivity index (χ0) is 13.1. The van der Waals surface area contributed by atoms with Crippen molar-refractivity contribution in [3.63, 3.8) is 0 Å². The smallest absolute Gasteiger partial charge is 0.328 e. The van der Waals surface area contributed by atoms with Gasteiger partial charge in [-0.1, -0.05) is 6.07 Å². The molecule has 1 heterocycles. The minimum absolute atomic E-state index is 0.0752. The van der Waals surface area contributed by atoms with Gasteiger partial charge in [0.1, 0.15) is 5.82 Å². The van der Waals surface area contributed by atoms with Gasteiger partial charge < -0.3 is 10.1 Å². The topological polar surface area (TPSA) is 58.6 Å². The van der Waals surface area contributed by atoms with E-state index in [0.29, 0.717) is 0 Å². The lowest BCUT2D eigenvalue weighted by Crippen LogP contribution is -2.41. The zero-order valence-corrected chi connectivity index (χ0v) is 9.85. The van der Waals surface area contributed by atoms with Crippen LogP contribution in [-0.4, -0.2) is 31.7 Å². The first kappa shape index (κ1) is 12.5. The average molecular weight is 252 g/mol. The molecule has 1 fully saturated rings. The van der Waals surface area contributed by atoms with Gasteiger partial charge in [0.15, 0.2) is 0 Å². The molecule has 0 aliphatic carbocycles. The first-order valence-electron chi connectivity index (χ1n) is 5.51. The highest BCUT2D eigenvalue weighted by atomic mass is 19.1. The number of ether oxygens (including phenoxy) is 1. The Balaban J connectivity index is 2.30. The number of benzene rings is 1. The number of halogens is 1. The molecular weight excluding hydrogens is 239 g/mol. The molecule has 1 aromatic rings. The van der Waals surface area contributed by atoms with Crippen LogP contribution in [0.2, 0.25) is 0 Å². The highest BCUT2D eigenvalue weighted by Crippen LogP contribution is 2.19. The molecule has 0 spiro atoms.